The summed E-state index contributed by atoms with van der Waals surface area (Å²) in [5.74, 6) is 0. The number of benzene rings is 1. The molecule has 96 valence electrons. The van der Waals surface area contributed by atoms with Gasteiger partial charge in [-0.3, -0.25) is 0 Å². The Balaban J connectivity index is 1.90. The number of imidazole rings is 1. The van der Waals surface area contributed by atoms with Crippen molar-refractivity contribution in [3.05, 3.63) is 48.2 Å². The van der Waals surface area contributed by atoms with Gasteiger partial charge in [-0.25, -0.2) is 9.97 Å². The molecule has 0 radical (unpaired) electrons. The van der Waals surface area contributed by atoms with Crippen molar-refractivity contribution in [1.29, 1.82) is 0 Å². The number of nitrogens with one attached hydrogen (secondary N) is 1. The second-order valence-corrected chi connectivity index (χ2v) is 5.39. The van der Waals surface area contributed by atoms with Crippen molar-refractivity contribution in [2.45, 2.75) is 23.1 Å². The number of aromatic nitrogens is 3. The third-order valence-corrected chi connectivity index (χ3v) is 3.67. The second-order valence-electron chi connectivity index (χ2n) is 4.38. The lowest BCUT2D eigenvalue weighted by Crippen LogP contribution is -2.04. The van der Waals surface area contributed by atoms with Crippen molar-refractivity contribution in [1.82, 2.24) is 15.0 Å². The SMILES string of the molecule is C[C@H](N)c1ccnc(Sc2nc3ccccc3[nH]2)c1. The topological polar surface area (TPSA) is 67.6 Å². The summed E-state index contributed by atoms with van der Waals surface area (Å²) in [7, 11) is 0. The van der Waals surface area contributed by atoms with Crippen molar-refractivity contribution < 1.29 is 0 Å². The van der Waals surface area contributed by atoms with Crippen molar-refractivity contribution in [3.8, 4) is 0 Å². The van der Waals surface area contributed by atoms with Crippen LogP contribution in [0.25, 0.3) is 11.0 Å². The molecular formula is C14H14N4S. The Kier molecular flexibility index (Phi) is 3.23. The van der Waals surface area contributed by atoms with Crippen LogP contribution in [-0.2, 0) is 0 Å². The molecule has 0 fully saturated rings. The molecule has 0 unspecified atom stereocenters. The molecule has 1 aromatic carbocycles. The molecule has 2 heterocycles. The van der Waals surface area contributed by atoms with E-state index in [9.17, 15) is 0 Å². The summed E-state index contributed by atoms with van der Waals surface area (Å²) in [5, 5.41) is 1.74. The van der Waals surface area contributed by atoms with Crippen LogP contribution in [0.3, 0.4) is 0 Å². The quantitative estimate of drug-likeness (QED) is 0.767. The molecule has 0 spiro atoms. The summed E-state index contributed by atoms with van der Waals surface area (Å²) in [4.78, 5) is 12.1. The van der Waals surface area contributed by atoms with Gasteiger partial charge in [-0.15, -0.1) is 0 Å². The highest BCUT2D eigenvalue weighted by atomic mass is 32.2. The Morgan fingerprint density at radius 2 is 2.11 bits per heavy atom. The maximum absolute atomic E-state index is 5.88. The highest BCUT2D eigenvalue weighted by Crippen LogP contribution is 2.26. The van der Waals surface area contributed by atoms with Gasteiger partial charge in [0.2, 0.25) is 0 Å². The Morgan fingerprint density at radius 1 is 1.26 bits per heavy atom. The van der Waals surface area contributed by atoms with Crippen LogP contribution in [0.2, 0.25) is 0 Å². The van der Waals surface area contributed by atoms with Crippen molar-refractivity contribution in [3.63, 3.8) is 0 Å². The fourth-order valence-electron chi connectivity index (χ4n) is 1.84. The summed E-state index contributed by atoms with van der Waals surface area (Å²) in [6.45, 7) is 1.96. The second kappa shape index (κ2) is 5.03. The lowest BCUT2D eigenvalue weighted by Gasteiger charge is -2.05. The summed E-state index contributed by atoms with van der Waals surface area (Å²) < 4.78 is 0. The largest absolute Gasteiger partial charge is 0.333 e. The molecule has 1 atom stereocenters. The molecule has 4 nitrogen and oxygen atoms in total. The van der Waals surface area contributed by atoms with E-state index in [2.05, 4.69) is 15.0 Å². The minimum absolute atomic E-state index is 0.0121. The van der Waals surface area contributed by atoms with Crippen LogP contribution < -0.4 is 5.73 Å². The maximum atomic E-state index is 5.88. The number of rotatable bonds is 3. The molecule has 0 aliphatic rings. The first kappa shape index (κ1) is 12.2. The summed E-state index contributed by atoms with van der Waals surface area (Å²) in [6.07, 6.45) is 1.78. The number of fused-ring (bicyclic) bond motifs is 1. The molecule has 5 heteroatoms. The van der Waals surface area contributed by atoms with E-state index in [1.54, 1.807) is 6.20 Å². The first-order chi connectivity index (χ1) is 9.22. The maximum Gasteiger partial charge on any atom is 0.172 e. The number of pyridine rings is 1. The molecule has 3 aromatic rings. The van der Waals surface area contributed by atoms with E-state index in [1.165, 1.54) is 11.8 Å². The van der Waals surface area contributed by atoms with Crippen molar-refractivity contribution in [2.75, 3.05) is 0 Å². The molecular weight excluding hydrogens is 256 g/mol. The fourth-order valence-corrected chi connectivity index (χ4v) is 2.65. The van der Waals surface area contributed by atoms with E-state index in [1.807, 2.05) is 43.3 Å². The number of H-pyrrole nitrogens is 1. The number of hydrogen-bond donors (Lipinski definition) is 2. The van der Waals surface area contributed by atoms with Crippen LogP contribution in [0.4, 0.5) is 0 Å². The standard InChI is InChI=1S/C14H14N4S/c1-9(15)10-6-7-16-13(8-10)19-14-17-11-4-2-3-5-12(11)18-14/h2-9H,15H2,1H3,(H,17,18)/t9-/m0/s1. The van der Waals surface area contributed by atoms with Crippen molar-refractivity contribution in [2.24, 2.45) is 5.73 Å². The third-order valence-electron chi connectivity index (χ3n) is 2.85. The average Bonchev–Trinajstić information content (AvgIpc) is 2.81. The van der Waals surface area contributed by atoms with Crippen molar-refractivity contribution >= 4 is 22.8 Å². The van der Waals surface area contributed by atoms with Gasteiger partial charge in [0.15, 0.2) is 5.16 Å². The average molecular weight is 270 g/mol. The van der Waals surface area contributed by atoms with Gasteiger partial charge in [-0.2, -0.15) is 0 Å². The molecule has 0 saturated heterocycles. The van der Waals surface area contributed by atoms with Crippen LogP contribution in [0.5, 0.6) is 0 Å². The van der Waals surface area contributed by atoms with E-state index >= 15 is 0 Å². The van der Waals surface area contributed by atoms with Crippen LogP contribution in [0.15, 0.2) is 52.8 Å². The molecule has 0 aliphatic carbocycles. The van der Waals surface area contributed by atoms with Crippen LogP contribution in [0, 0.1) is 0 Å². The van der Waals surface area contributed by atoms with Crippen LogP contribution >= 0.6 is 11.8 Å². The van der Waals surface area contributed by atoms with Gasteiger partial charge in [0.1, 0.15) is 5.03 Å². The van der Waals surface area contributed by atoms with E-state index in [4.69, 9.17) is 5.73 Å². The van der Waals surface area contributed by atoms with Gasteiger partial charge < -0.3 is 10.7 Å². The zero-order chi connectivity index (χ0) is 13.2. The predicted molar refractivity (Wildman–Crippen MR) is 77.1 cm³/mol. The predicted octanol–water partition coefficient (Wildman–Crippen LogP) is 3.13. The summed E-state index contributed by atoms with van der Waals surface area (Å²) in [5.41, 5.74) is 8.96. The molecule has 0 bridgehead atoms. The minimum Gasteiger partial charge on any atom is -0.333 e. The molecule has 0 aliphatic heterocycles. The Labute approximate surface area is 115 Å². The van der Waals surface area contributed by atoms with E-state index < -0.39 is 0 Å². The van der Waals surface area contributed by atoms with E-state index in [0.29, 0.717) is 0 Å². The number of aromatic amines is 1. The number of nitrogens with two attached hydrogens (primary N) is 1. The highest BCUT2D eigenvalue weighted by Gasteiger charge is 2.07. The highest BCUT2D eigenvalue weighted by molar-refractivity contribution is 7.99. The zero-order valence-electron chi connectivity index (χ0n) is 10.5. The van der Waals surface area contributed by atoms with E-state index in [-0.39, 0.29) is 6.04 Å². The van der Waals surface area contributed by atoms with Crippen LogP contribution in [0.1, 0.15) is 18.5 Å². The Hall–Kier alpha value is -1.85. The monoisotopic (exact) mass is 270 g/mol. The molecule has 19 heavy (non-hydrogen) atoms. The minimum atomic E-state index is 0.0121. The molecule has 2 aromatic heterocycles. The van der Waals surface area contributed by atoms with Gasteiger partial charge in [-0.05, 0) is 48.5 Å². The van der Waals surface area contributed by atoms with Gasteiger partial charge >= 0.3 is 0 Å². The lowest BCUT2D eigenvalue weighted by molar-refractivity contribution is 0.808. The van der Waals surface area contributed by atoms with Gasteiger partial charge in [0, 0.05) is 12.2 Å². The number of nitrogens with zero attached hydrogens (tertiary/aromatic N) is 2. The smallest absolute Gasteiger partial charge is 0.172 e. The van der Waals surface area contributed by atoms with Gasteiger partial charge in [0.05, 0.1) is 11.0 Å². The Bertz CT molecular complexity index is 672. The number of para-hydroxylation sites is 2. The number of hydrogen-bond acceptors (Lipinski definition) is 4. The summed E-state index contributed by atoms with van der Waals surface area (Å²) >= 11 is 1.51. The first-order valence-electron chi connectivity index (χ1n) is 6.06. The molecule has 3 N–H and O–H groups in total. The lowest BCUT2D eigenvalue weighted by atomic mass is 10.1. The van der Waals surface area contributed by atoms with Gasteiger partial charge in [-0.1, -0.05) is 12.1 Å². The molecule has 0 saturated carbocycles. The zero-order valence-corrected chi connectivity index (χ0v) is 11.3. The van der Waals surface area contributed by atoms with Gasteiger partial charge in [0.25, 0.3) is 0 Å². The third kappa shape index (κ3) is 2.62. The molecule has 3 rings (SSSR count). The fraction of sp³-hybridized carbons (Fsp3) is 0.143. The summed E-state index contributed by atoms with van der Waals surface area (Å²) in [6, 6.07) is 11.9. The van der Waals surface area contributed by atoms with Crippen LogP contribution in [-0.4, -0.2) is 15.0 Å². The normalized spacial score (nSPS) is 12.7. The Morgan fingerprint density at radius 3 is 2.89 bits per heavy atom. The first-order valence-corrected chi connectivity index (χ1v) is 6.88. The molecule has 0 amide bonds. The van der Waals surface area contributed by atoms with E-state index in [0.717, 1.165) is 26.8 Å².